The Bertz CT molecular complexity index is 465. The molecule has 91 valence electrons. The Kier molecular flexibility index (Phi) is 6.55. The van der Waals surface area contributed by atoms with Crippen LogP contribution < -0.4 is 0 Å². The van der Waals surface area contributed by atoms with Gasteiger partial charge in [-0.15, -0.1) is 29.8 Å². The third-order valence-corrected chi connectivity index (χ3v) is 2.16. The van der Waals surface area contributed by atoms with Crippen LogP contribution in [0.25, 0.3) is 11.3 Å². The molecule has 0 N–H and O–H groups in total. The molecule has 0 aliphatic carbocycles. The van der Waals surface area contributed by atoms with Gasteiger partial charge in [0.15, 0.2) is 0 Å². The first-order valence-electron chi connectivity index (χ1n) is 4.71. The van der Waals surface area contributed by atoms with Gasteiger partial charge in [-0.2, -0.15) is 0 Å². The molecular weight excluding hydrogens is 390 g/mol. The number of nitrogens with zero attached hydrogens (tertiary/aromatic N) is 1. The van der Waals surface area contributed by atoms with Crippen LogP contribution in [0.4, 0.5) is 0 Å². The van der Waals surface area contributed by atoms with Crippen LogP contribution in [-0.2, 0) is 20.1 Å². The van der Waals surface area contributed by atoms with Crippen LogP contribution in [0.2, 0.25) is 0 Å². The summed E-state index contributed by atoms with van der Waals surface area (Å²) in [5, 5.41) is 0. The van der Waals surface area contributed by atoms with Crippen molar-refractivity contribution in [2.45, 2.75) is 6.92 Å². The minimum atomic E-state index is 0. The SMILES string of the molecule is CC(=O)c1c[c-]c(-c2ccccn2)cc1.[CH3-].[Ir]. The maximum absolute atomic E-state index is 11.1. The zero-order valence-electron chi connectivity index (χ0n) is 9.73. The second kappa shape index (κ2) is 7.10. The number of hydrogen-bond acceptors (Lipinski definition) is 2. The molecular formula is C14H13IrNO-2. The monoisotopic (exact) mass is 404 g/mol. The topological polar surface area (TPSA) is 30.0 Å². The zero-order chi connectivity index (χ0) is 10.7. The predicted molar refractivity (Wildman–Crippen MR) is 64.9 cm³/mol. The summed E-state index contributed by atoms with van der Waals surface area (Å²) in [6.07, 6.45) is 1.74. The Hall–Kier alpha value is -1.31. The van der Waals surface area contributed by atoms with Crippen molar-refractivity contribution in [3.8, 4) is 11.3 Å². The first kappa shape index (κ1) is 15.7. The molecule has 17 heavy (non-hydrogen) atoms. The summed E-state index contributed by atoms with van der Waals surface area (Å²) in [5.41, 5.74) is 2.45. The fourth-order valence-corrected chi connectivity index (χ4v) is 1.33. The largest absolute Gasteiger partial charge is 0.358 e. The van der Waals surface area contributed by atoms with E-state index in [1.807, 2.05) is 24.3 Å². The first-order valence-corrected chi connectivity index (χ1v) is 4.71. The molecule has 0 atom stereocenters. The molecule has 2 aromatic rings. The molecule has 2 nitrogen and oxygen atoms in total. The number of Topliss-reactive ketones (excluding diaryl/α,β-unsaturated/α-hetero) is 1. The fraction of sp³-hybridized carbons (Fsp3) is 0.0714. The molecule has 0 spiro atoms. The number of carbonyl (C=O) groups is 1. The van der Waals surface area contributed by atoms with Crippen LogP contribution in [0, 0.1) is 13.5 Å². The molecule has 1 aromatic carbocycles. The molecule has 0 saturated carbocycles. The van der Waals surface area contributed by atoms with E-state index in [0.29, 0.717) is 5.56 Å². The summed E-state index contributed by atoms with van der Waals surface area (Å²) in [6.45, 7) is 1.55. The summed E-state index contributed by atoms with van der Waals surface area (Å²) in [5.74, 6) is 0.0545. The Morgan fingerprint density at radius 2 is 2.00 bits per heavy atom. The zero-order valence-corrected chi connectivity index (χ0v) is 12.1. The minimum absolute atomic E-state index is 0. The number of aromatic nitrogens is 1. The van der Waals surface area contributed by atoms with Gasteiger partial charge in [-0.05, 0) is 18.7 Å². The molecule has 0 bridgehead atoms. The van der Waals surface area contributed by atoms with Crippen LogP contribution in [0.15, 0.2) is 42.6 Å². The van der Waals surface area contributed by atoms with Crippen molar-refractivity contribution in [3.05, 3.63) is 61.7 Å². The van der Waals surface area contributed by atoms with Gasteiger partial charge in [0.25, 0.3) is 0 Å². The molecule has 2 rings (SSSR count). The molecule has 0 unspecified atom stereocenters. The summed E-state index contributed by atoms with van der Waals surface area (Å²) in [4.78, 5) is 15.3. The average molecular weight is 403 g/mol. The molecule has 0 aliphatic heterocycles. The number of pyridine rings is 1. The van der Waals surface area contributed by atoms with E-state index in [-0.39, 0.29) is 33.3 Å². The van der Waals surface area contributed by atoms with Crippen molar-refractivity contribution in [3.63, 3.8) is 0 Å². The third kappa shape index (κ3) is 3.88. The van der Waals surface area contributed by atoms with Gasteiger partial charge in [-0.25, -0.2) is 0 Å². The summed E-state index contributed by atoms with van der Waals surface area (Å²) < 4.78 is 0. The third-order valence-electron chi connectivity index (χ3n) is 2.16. The maximum Gasteiger partial charge on any atom is 0.119 e. The van der Waals surface area contributed by atoms with Crippen molar-refractivity contribution in [1.82, 2.24) is 4.98 Å². The van der Waals surface area contributed by atoms with E-state index >= 15 is 0 Å². The molecule has 1 aromatic heterocycles. The second-order valence-electron chi connectivity index (χ2n) is 3.26. The van der Waals surface area contributed by atoms with E-state index < -0.39 is 0 Å². The van der Waals surface area contributed by atoms with Gasteiger partial charge in [0, 0.05) is 26.3 Å². The summed E-state index contributed by atoms with van der Waals surface area (Å²) in [7, 11) is 0. The van der Waals surface area contributed by atoms with E-state index in [9.17, 15) is 4.79 Å². The van der Waals surface area contributed by atoms with Crippen LogP contribution in [0.1, 0.15) is 17.3 Å². The maximum atomic E-state index is 11.1. The van der Waals surface area contributed by atoms with Crippen molar-refractivity contribution in [2.24, 2.45) is 0 Å². The van der Waals surface area contributed by atoms with E-state index in [1.165, 1.54) is 0 Å². The average Bonchev–Trinajstić information content (AvgIpc) is 2.30. The quantitative estimate of drug-likeness (QED) is 0.569. The smallest absolute Gasteiger partial charge is 0.119 e. The van der Waals surface area contributed by atoms with E-state index in [2.05, 4.69) is 11.1 Å². The van der Waals surface area contributed by atoms with Crippen LogP contribution in [0.3, 0.4) is 0 Å². The van der Waals surface area contributed by atoms with Crippen LogP contribution in [-0.4, -0.2) is 10.8 Å². The van der Waals surface area contributed by atoms with Gasteiger partial charge in [-0.1, -0.05) is 17.7 Å². The standard InChI is InChI=1S/C13H10NO.CH3.Ir/c1-10(15)11-5-7-12(8-6-11)13-4-2-3-9-14-13;;/h2-7,9H,1H3;1H3;/q2*-1;. The summed E-state index contributed by atoms with van der Waals surface area (Å²) in [6, 6.07) is 14.1. The van der Waals surface area contributed by atoms with E-state index in [4.69, 9.17) is 0 Å². The van der Waals surface area contributed by atoms with E-state index in [0.717, 1.165) is 11.3 Å². The first-order chi connectivity index (χ1) is 7.27. The number of rotatable bonds is 2. The predicted octanol–water partition coefficient (Wildman–Crippen LogP) is 3.20. The van der Waals surface area contributed by atoms with Gasteiger partial charge in [0.2, 0.25) is 0 Å². The van der Waals surface area contributed by atoms with Crippen LogP contribution >= 0.6 is 0 Å². The van der Waals surface area contributed by atoms with Gasteiger partial charge >= 0.3 is 0 Å². The Labute approximate surface area is 115 Å². The molecule has 0 fully saturated rings. The van der Waals surface area contributed by atoms with Gasteiger partial charge < -0.3 is 17.2 Å². The fourth-order valence-electron chi connectivity index (χ4n) is 1.33. The summed E-state index contributed by atoms with van der Waals surface area (Å²) >= 11 is 0. The number of hydrogen-bond donors (Lipinski definition) is 0. The van der Waals surface area contributed by atoms with Crippen molar-refractivity contribution >= 4 is 5.78 Å². The van der Waals surface area contributed by atoms with Crippen LogP contribution in [0.5, 0.6) is 0 Å². The molecule has 0 aliphatic rings. The van der Waals surface area contributed by atoms with Crippen molar-refractivity contribution < 1.29 is 24.9 Å². The molecule has 1 radical (unpaired) electrons. The van der Waals surface area contributed by atoms with E-state index in [1.54, 1.807) is 25.3 Å². The molecule has 0 amide bonds. The second-order valence-corrected chi connectivity index (χ2v) is 3.26. The number of ketones is 1. The Morgan fingerprint density at radius 1 is 1.24 bits per heavy atom. The van der Waals surface area contributed by atoms with Crippen molar-refractivity contribution in [1.29, 1.82) is 0 Å². The Balaban J connectivity index is 0.00000128. The minimum Gasteiger partial charge on any atom is -0.358 e. The molecule has 1 heterocycles. The normalized spacial score (nSPS) is 8.76. The van der Waals surface area contributed by atoms with Gasteiger partial charge in [-0.3, -0.25) is 0 Å². The van der Waals surface area contributed by atoms with Gasteiger partial charge in [0.1, 0.15) is 5.78 Å². The number of carbonyl (C=O) groups excluding carboxylic acids is 1. The van der Waals surface area contributed by atoms with Gasteiger partial charge in [0.05, 0.1) is 0 Å². The van der Waals surface area contributed by atoms with Crippen molar-refractivity contribution in [2.75, 3.05) is 0 Å². The molecule has 3 heteroatoms. The Morgan fingerprint density at radius 3 is 2.47 bits per heavy atom. The molecule has 0 saturated heterocycles. The number of benzene rings is 1.